The van der Waals surface area contributed by atoms with Crippen LogP contribution in [0.4, 0.5) is 0 Å². The minimum absolute atomic E-state index is 0.481. The van der Waals surface area contributed by atoms with Crippen LogP contribution in [0, 0.1) is 5.92 Å². The molecule has 1 aliphatic rings. The van der Waals surface area contributed by atoms with E-state index in [1.807, 2.05) is 0 Å². The molecule has 1 atom stereocenters. The van der Waals surface area contributed by atoms with Gasteiger partial charge in [0.05, 0.1) is 6.17 Å². The average molecular weight is 300 g/mol. The SMILES string of the molecule is NCCCNC(C1CCCCC1)N(CCCN)CCCN. The van der Waals surface area contributed by atoms with Gasteiger partial charge in [-0.05, 0) is 64.2 Å². The highest BCUT2D eigenvalue weighted by Crippen LogP contribution is 2.28. The fourth-order valence-corrected chi connectivity index (χ4v) is 3.37. The molecule has 0 radical (unpaired) electrons. The molecule has 1 aliphatic carbocycles. The predicted octanol–water partition coefficient (Wildman–Crippen LogP) is 0.831. The molecule has 126 valence electrons. The monoisotopic (exact) mass is 299 g/mol. The Labute approximate surface area is 131 Å². The number of nitrogens with zero attached hydrogens (tertiary/aromatic N) is 1. The van der Waals surface area contributed by atoms with Crippen LogP contribution in [0.2, 0.25) is 0 Å². The summed E-state index contributed by atoms with van der Waals surface area (Å²) >= 11 is 0. The number of nitrogens with two attached hydrogens (primary N) is 3. The van der Waals surface area contributed by atoms with Gasteiger partial charge in [-0.15, -0.1) is 0 Å². The smallest absolute Gasteiger partial charge is 0.0626 e. The first-order chi connectivity index (χ1) is 10.3. The van der Waals surface area contributed by atoms with Crippen molar-refractivity contribution >= 4 is 0 Å². The second-order valence-electron chi connectivity index (χ2n) is 6.26. The molecular formula is C16H37N5. The fraction of sp³-hybridized carbons (Fsp3) is 1.00. The van der Waals surface area contributed by atoms with E-state index >= 15 is 0 Å². The van der Waals surface area contributed by atoms with Gasteiger partial charge in [-0.25, -0.2) is 0 Å². The van der Waals surface area contributed by atoms with Crippen LogP contribution < -0.4 is 22.5 Å². The van der Waals surface area contributed by atoms with Crippen LogP contribution in [0.1, 0.15) is 51.4 Å². The lowest BCUT2D eigenvalue weighted by Crippen LogP contribution is -2.52. The molecule has 5 heteroatoms. The lowest BCUT2D eigenvalue weighted by atomic mass is 9.86. The zero-order chi connectivity index (χ0) is 15.3. The molecule has 0 aromatic carbocycles. The third-order valence-corrected chi connectivity index (χ3v) is 4.52. The van der Waals surface area contributed by atoms with Crippen molar-refractivity contribution in [2.45, 2.75) is 57.5 Å². The Morgan fingerprint density at radius 1 is 0.857 bits per heavy atom. The van der Waals surface area contributed by atoms with Crippen molar-refractivity contribution in [1.29, 1.82) is 0 Å². The number of hydrogen-bond acceptors (Lipinski definition) is 5. The second kappa shape index (κ2) is 12.4. The maximum atomic E-state index is 5.72. The number of rotatable bonds is 12. The first-order valence-electron chi connectivity index (χ1n) is 8.91. The molecule has 1 rings (SSSR count). The van der Waals surface area contributed by atoms with Crippen molar-refractivity contribution in [2.75, 3.05) is 39.3 Å². The molecule has 0 aromatic heterocycles. The van der Waals surface area contributed by atoms with E-state index in [1.165, 1.54) is 32.1 Å². The topological polar surface area (TPSA) is 93.3 Å². The summed E-state index contributed by atoms with van der Waals surface area (Å²) in [4.78, 5) is 2.59. The Morgan fingerprint density at radius 3 is 1.95 bits per heavy atom. The molecule has 7 N–H and O–H groups in total. The van der Waals surface area contributed by atoms with E-state index in [-0.39, 0.29) is 0 Å². The van der Waals surface area contributed by atoms with E-state index in [2.05, 4.69) is 10.2 Å². The fourth-order valence-electron chi connectivity index (χ4n) is 3.37. The first-order valence-corrected chi connectivity index (χ1v) is 8.91. The molecule has 0 heterocycles. The van der Waals surface area contributed by atoms with Gasteiger partial charge in [0, 0.05) is 13.1 Å². The predicted molar refractivity (Wildman–Crippen MR) is 91.0 cm³/mol. The minimum Gasteiger partial charge on any atom is -0.330 e. The van der Waals surface area contributed by atoms with Gasteiger partial charge < -0.3 is 22.5 Å². The summed E-state index contributed by atoms with van der Waals surface area (Å²) in [5.74, 6) is 0.770. The molecule has 1 saturated carbocycles. The Morgan fingerprint density at radius 2 is 1.43 bits per heavy atom. The Kier molecular flexibility index (Phi) is 11.1. The van der Waals surface area contributed by atoms with Gasteiger partial charge in [0.2, 0.25) is 0 Å². The summed E-state index contributed by atoms with van der Waals surface area (Å²) < 4.78 is 0. The van der Waals surface area contributed by atoms with Crippen molar-refractivity contribution in [2.24, 2.45) is 23.1 Å². The lowest BCUT2D eigenvalue weighted by molar-refractivity contribution is 0.0882. The number of nitrogens with one attached hydrogen (secondary N) is 1. The average Bonchev–Trinajstić information content (AvgIpc) is 2.53. The summed E-state index contributed by atoms with van der Waals surface area (Å²) in [6.07, 6.45) is 10.5. The van der Waals surface area contributed by atoms with Crippen LogP contribution in [-0.2, 0) is 0 Å². The van der Waals surface area contributed by atoms with E-state index < -0.39 is 0 Å². The quantitative estimate of drug-likeness (QED) is 0.316. The van der Waals surface area contributed by atoms with Crippen molar-refractivity contribution in [1.82, 2.24) is 10.2 Å². The van der Waals surface area contributed by atoms with Crippen LogP contribution >= 0.6 is 0 Å². The van der Waals surface area contributed by atoms with Gasteiger partial charge in [-0.1, -0.05) is 19.3 Å². The molecule has 0 aromatic rings. The maximum absolute atomic E-state index is 5.72. The Hall–Kier alpha value is -0.200. The second-order valence-corrected chi connectivity index (χ2v) is 6.26. The van der Waals surface area contributed by atoms with E-state index in [4.69, 9.17) is 17.2 Å². The van der Waals surface area contributed by atoms with Gasteiger partial charge in [0.1, 0.15) is 0 Å². The molecule has 21 heavy (non-hydrogen) atoms. The zero-order valence-corrected chi connectivity index (χ0v) is 13.7. The van der Waals surface area contributed by atoms with E-state index in [0.29, 0.717) is 6.17 Å². The number of hydrogen-bond donors (Lipinski definition) is 4. The molecule has 0 saturated heterocycles. The van der Waals surface area contributed by atoms with Gasteiger partial charge >= 0.3 is 0 Å². The summed E-state index contributed by atoms with van der Waals surface area (Å²) in [6.45, 7) is 5.45. The summed E-state index contributed by atoms with van der Waals surface area (Å²) in [5.41, 5.74) is 17.1. The van der Waals surface area contributed by atoms with Gasteiger partial charge in [0.15, 0.2) is 0 Å². The van der Waals surface area contributed by atoms with Crippen molar-refractivity contribution in [3.8, 4) is 0 Å². The molecule has 1 fully saturated rings. The molecule has 1 unspecified atom stereocenters. The first kappa shape index (κ1) is 18.8. The molecular weight excluding hydrogens is 262 g/mol. The maximum Gasteiger partial charge on any atom is 0.0626 e. The van der Waals surface area contributed by atoms with Crippen LogP contribution in [0.25, 0.3) is 0 Å². The molecule has 0 spiro atoms. The van der Waals surface area contributed by atoms with E-state index in [1.54, 1.807) is 0 Å². The third-order valence-electron chi connectivity index (χ3n) is 4.52. The highest BCUT2D eigenvalue weighted by Gasteiger charge is 2.27. The highest BCUT2D eigenvalue weighted by molar-refractivity contribution is 4.81. The standard InChI is InChI=1S/C16H37N5/c17-9-4-12-20-16(15-7-2-1-3-8-15)21(13-5-10-18)14-6-11-19/h15-16,20H,1-14,17-19H2. The third kappa shape index (κ3) is 7.56. The van der Waals surface area contributed by atoms with E-state index in [9.17, 15) is 0 Å². The van der Waals surface area contributed by atoms with Gasteiger partial charge in [-0.3, -0.25) is 4.90 Å². The van der Waals surface area contributed by atoms with Crippen molar-refractivity contribution in [3.63, 3.8) is 0 Å². The van der Waals surface area contributed by atoms with Crippen LogP contribution in [-0.4, -0.2) is 50.3 Å². The van der Waals surface area contributed by atoms with E-state index in [0.717, 1.165) is 64.4 Å². The zero-order valence-electron chi connectivity index (χ0n) is 13.7. The highest BCUT2D eigenvalue weighted by atomic mass is 15.3. The summed E-state index contributed by atoms with van der Waals surface area (Å²) in [7, 11) is 0. The Balaban J connectivity index is 2.61. The molecule has 0 aliphatic heterocycles. The normalized spacial score (nSPS) is 18.3. The van der Waals surface area contributed by atoms with Crippen molar-refractivity contribution in [3.05, 3.63) is 0 Å². The molecule has 0 amide bonds. The van der Waals surface area contributed by atoms with Crippen LogP contribution in [0.3, 0.4) is 0 Å². The van der Waals surface area contributed by atoms with Crippen LogP contribution in [0.15, 0.2) is 0 Å². The summed E-state index contributed by atoms with van der Waals surface area (Å²) in [5, 5.41) is 3.77. The molecule has 5 nitrogen and oxygen atoms in total. The van der Waals surface area contributed by atoms with Crippen molar-refractivity contribution < 1.29 is 0 Å². The lowest BCUT2D eigenvalue weighted by Gasteiger charge is -2.39. The minimum atomic E-state index is 0.481. The summed E-state index contributed by atoms with van der Waals surface area (Å²) in [6, 6.07) is 0. The molecule has 0 bridgehead atoms. The van der Waals surface area contributed by atoms with Gasteiger partial charge in [-0.2, -0.15) is 0 Å². The largest absolute Gasteiger partial charge is 0.330 e. The van der Waals surface area contributed by atoms with Crippen LogP contribution in [0.5, 0.6) is 0 Å². The Bertz CT molecular complexity index is 223. The van der Waals surface area contributed by atoms with Gasteiger partial charge in [0.25, 0.3) is 0 Å².